The molecular weight excluding hydrogens is 463 g/mol. The summed E-state index contributed by atoms with van der Waals surface area (Å²) in [5.41, 5.74) is 3.64. The molecule has 160 valence electrons. The summed E-state index contributed by atoms with van der Waals surface area (Å²) in [7, 11) is 0. The summed E-state index contributed by atoms with van der Waals surface area (Å²) in [5, 5.41) is 9.62. The Morgan fingerprint density at radius 3 is 2.50 bits per heavy atom. The first-order chi connectivity index (χ1) is 14.3. The van der Waals surface area contributed by atoms with Gasteiger partial charge in [-0.3, -0.25) is 15.2 Å². The predicted molar refractivity (Wildman–Crippen MR) is 126 cm³/mol. The van der Waals surface area contributed by atoms with E-state index in [9.17, 15) is 4.79 Å². The molecule has 1 amide bonds. The van der Waals surface area contributed by atoms with E-state index in [1.807, 2.05) is 42.1 Å². The van der Waals surface area contributed by atoms with Crippen molar-refractivity contribution >= 4 is 63.4 Å². The van der Waals surface area contributed by atoms with Gasteiger partial charge in [-0.2, -0.15) is 5.10 Å². The average Bonchev–Trinajstić information content (AvgIpc) is 3.22. The molecule has 30 heavy (non-hydrogen) atoms. The molecule has 1 aromatic carbocycles. The van der Waals surface area contributed by atoms with Gasteiger partial charge in [0.1, 0.15) is 5.71 Å². The van der Waals surface area contributed by atoms with Crippen LogP contribution in [0.4, 0.5) is 5.69 Å². The molecule has 1 aromatic heterocycles. The standard InChI is InChI=1S/C21H23Cl3N4OS/c1-21(2)18(20(29)26-27-10-4-3-5-11-27)25-28(15-7-6-13(22)12-14(15)23)19(21)16-8-9-17(24)30-16/h6-9,12,19H,3-5,10-11H2,1-2H3,(H,26,29). The number of nitrogens with zero attached hydrogens (tertiary/aromatic N) is 3. The summed E-state index contributed by atoms with van der Waals surface area (Å²) >= 11 is 20.3. The number of nitrogens with one attached hydrogen (secondary N) is 1. The number of hydrazone groups is 1. The second-order valence-electron chi connectivity index (χ2n) is 8.14. The molecule has 0 bridgehead atoms. The van der Waals surface area contributed by atoms with Crippen LogP contribution in [-0.4, -0.2) is 29.7 Å². The lowest BCUT2D eigenvalue weighted by molar-refractivity contribution is -0.120. The Morgan fingerprint density at radius 2 is 1.87 bits per heavy atom. The third-order valence-corrected chi connectivity index (χ3v) is 7.42. The van der Waals surface area contributed by atoms with Crippen LogP contribution in [0.15, 0.2) is 35.4 Å². The fourth-order valence-electron chi connectivity index (χ4n) is 4.08. The van der Waals surface area contributed by atoms with Crippen molar-refractivity contribution in [1.82, 2.24) is 10.4 Å². The van der Waals surface area contributed by atoms with Gasteiger partial charge in [0.05, 0.1) is 21.1 Å². The van der Waals surface area contributed by atoms with Crippen molar-refractivity contribution < 1.29 is 4.79 Å². The monoisotopic (exact) mass is 484 g/mol. The molecule has 1 unspecified atom stereocenters. The molecule has 9 heteroatoms. The zero-order valence-corrected chi connectivity index (χ0v) is 19.9. The van der Waals surface area contributed by atoms with E-state index >= 15 is 0 Å². The molecule has 2 aliphatic rings. The normalized spacial score (nSPS) is 21.6. The second kappa shape index (κ2) is 8.67. The molecule has 1 N–H and O–H groups in total. The SMILES string of the molecule is CC1(C)C(C(=O)NN2CCCCC2)=NN(c2ccc(Cl)cc2Cl)C1c1ccc(Cl)s1. The summed E-state index contributed by atoms with van der Waals surface area (Å²) in [6.07, 6.45) is 3.36. The van der Waals surface area contributed by atoms with E-state index in [2.05, 4.69) is 5.43 Å². The minimum Gasteiger partial charge on any atom is -0.284 e. The van der Waals surface area contributed by atoms with Crippen molar-refractivity contribution in [2.75, 3.05) is 18.1 Å². The number of hydrogen-bond donors (Lipinski definition) is 1. The predicted octanol–water partition coefficient (Wildman–Crippen LogP) is 6.17. The molecule has 1 atom stereocenters. The van der Waals surface area contributed by atoms with Crippen molar-refractivity contribution in [3.8, 4) is 0 Å². The number of hydrazine groups is 1. The topological polar surface area (TPSA) is 47.9 Å². The van der Waals surface area contributed by atoms with E-state index in [4.69, 9.17) is 39.9 Å². The van der Waals surface area contributed by atoms with E-state index in [-0.39, 0.29) is 11.9 Å². The molecule has 1 saturated heterocycles. The Labute approximate surface area is 195 Å². The Kier molecular flexibility index (Phi) is 6.33. The number of thiophene rings is 1. The Hall–Kier alpha value is -1.31. The fourth-order valence-corrected chi connectivity index (χ4v) is 5.91. The largest absolute Gasteiger partial charge is 0.284 e. The first-order valence-corrected chi connectivity index (χ1v) is 11.9. The molecule has 5 nitrogen and oxygen atoms in total. The number of amides is 1. The minimum atomic E-state index is -0.572. The van der Waals surface area contributed by atoms with Crippen LogP contribution in [0.3, 0.4) is 0 Å². The van der Waals surface area contributed by atoms with Crippen molar-refractivity contribution in [1.29, 1.82) is 0 Å². The third-order valence-electron chi connectivity index (χ3n) is 5.60. The number of benzene rings is 1. The average molecular weight is 486 g/mol. The fraction of sp³-hybridized carbons (Fsp3) is 0.429. The Bertz CT molecular complexity index is 984. The number of carbonyl (C=O) groups excluding carboxylic acids is 1. The van der Waals surface area contributed by atoms with Gasteiger partial charge in [-0.25, -0.2) is 5.01 Å². The van der Waals surface area contributed by atoms with E-state index < -0.39 is 5.41 Å². The zero-order valence-electron chi connectivity index (χ0n) is 16.8. The van der Waals surface area contributed by atoms with Crippen LogP contribution < -0.4 is 10.4 Å². The van der Waals surface area contributed by atoms with Crippen LogP contribution in [0.2, 0.25) is 14.4 Å². The highest BCUT2D eigenvalue weighted by atomic mass is 35.5. The second-order valence-corrected chi connectivity index (χ2v) is 10.7. The van der Waals surface area contributed by atoms with Gasteiger partial charge in [0, 0.05) is 28.4 Å². The molecule has 0 saturated carbocycles. The van der Waals surface area contributed by atoms with Gasteiger partial charge in [-0.15, -0.1) is 11.3 Å². The van der Waals surface area contributed by atoms with Gasteiger partial charge < -0.3 is 0 Å². The van der Waals surface area contributed by atoms with Crippen molar-refractivity contribution in [3.63, 3.8) is 0 Å². The van der Waals surface area contributed by atoms with E-state index in [0.717, 1.165) is 30.8 Å². The van der Waals surface area contributed by atoms with Crippen LogP contribution in [0.25, 0.3) is 0 Å². The van der Waals surface area contributed by atoms with Crippen LogP contribution in [0.5, 0.6) is 0 Å². The number of piperidine rings is 1. The van der Waals surface area contributed by atoms with Crippen LogP contribution in [0, 0.1) is 5.41 Å². The molecule has 4 rings (SSSR count). The van der Waals surface area contributed by atoms with Gasteiger partial charge in [-0.1, -0.05) is 55.1 Å². The van der Waals surface area contributed by atoms with Crippen molar-refractivity contribution in [2.24, 2.45) is 10.5 Å². The minimum absolute atomic E-state index is 0.179. The van der Waals surface area contributed by atoms with Crippen LogP contribution in [0.1, 0.15) is 44.0 Å². The third kappa shape index (κ3) is 4.21. The maximum atomic E-state index is 13.2. The highest BCUT2D eigenvalue weighted by molar-refractivity contribution is 7.16. The van der Waals surface area contributed by atoms with E-state index in [0.29, 0.717) is 25.8 Å². The molecule has 0 spiro atoms. The van der Waals surface area contributed by atoms with Gasteiger partial charge in [0.15, 0.2) is 0 Å². The van der Waals surface area contributed by atoms with Crippen LogP contribution in [-0.2, 0) is 4.79 Å². The number of anilines is 1. The molecular formula is C21H23Cl3N4OS. The maximum Gasteiger partial charge on any atom is 0.282 e. The summed E-state index contributed by atoms with van der Waals surface area (Å²) in [4.78, 5) is 14.3. The maximum absolute atomic E-state index is 13.2. The van der Waals surface area contributed by atoms with E-state index in [1.54, 1.807) is 12.1 Å². The van der Waals surface area contributed by atoms with Gasteiger partial charge in [-0.05, 0) is 43.2 Å². The molecule has 1 fully saturated rings. The lowest BCUT2D eigenvalue weighted by atomic mass is 9.79. The first kappa shape index (κ1) is 21.9. The lowest BCUT2D eigenvalue weighted by Crippen LogP contribution is -2.50. The summed E-state index contributed by atoms with van der Waals surface area (Å²) in [5.74, 6) is -0.179. The number of carbonyl (C=O) groups is 1. The number of halogens is 3. The van der Waals surface area contributed by atoms with Gasteiger partial charge in [0.2, 0.25) is 0 Å². The summed E-state index contributed by atoms with van der Waals surface area (Å²) < 4.78 is 0.689. The zero-order chi connectivity index (χ0) is 21.5. The quantitative estimate of drug-likeness (QED) is 0.563. The van der Waals surface area contributed by atoms with Gasteiger partial charge >= 0.3 is 0 Å². The Balaban J connectivity index is 1.73. The van der Waals surface area contributed by atoms with Crippen LogP contribution >= 0.6 is 46.1 Å². The molecule has 0 radical (unpaired) electrons. The number of hydrogen-bond acceptors (Lipinski definition) is 5. The molecule has 2 aromatic rings. The molecule has 2 aliphatic heterocycles. The number of rotatable bonds is 4. The van der Waals surface area contributed by atoms with E-state index in [1.165, 1.54) is 17.8 Å². The smallest absolute Gasteiger partial charge is 0.282 e. The molecule has 3 heterocycles. The highest BCUT2D eigenvalue weighted by Crippen LogP contribution is 2.50. The van der Waals surface area contributed by atoms with Crippen molar-refractivity contribution in [3.05, 3.63) is 49.6 Å². The summed E-state index contributed by atoms with van der Waals surface area (Å²) in [6.45, 7) is 5.78. The van der Waals surface area contributed by atoms with Crippen molar-refractivity contribution in [2.45, 2.75) is 39.2 Å². The molecule has 0 aliphatic carbocycles. The lowest BCUT2D eigenvalue weighted by Gasteiger charge is -2.33. The Morgan fingerprint density at radius 1 is 1.13 bits per heavy atom. The first-order valence-electron chi connectivity index (χ1n) is 9.92. The highest BCUT2D eigenvalue weighted by Gasteiger charge is 2.49. The summed E-state index contributed by atoms with van der Waals surface area (Å²) in [6, 6.07) is 8.91. The van der Waals surface area contributed by atoms with Gasteiger partial charge in [0.25, 0.3) is 5.91 Å².